The van der Waals surface area contributed by atoms with Gasteiger partial charge >= 0.3 is 0 Å². The minimum Gasteiger partial charge on any atom is -0.381 e. The van der Waals surface area contributed by atoms with E-state index in [1.807, 2.05) is 11.8 Å². The van der Waals surface area contributed by atoms with Gasteiger partial charge in [-0.15, -0.1) is 0 Å². The van der Waals surface area contributed by atoms with Crippen molar-refractivity contribution in [2.75, 3.05) is 35.6 Å². The predicted octanol–water partition coefficient (Wildman–Crippen LogP) is 4.09. The zero-order valence-corrected chi connectivity index (χ0v) is 15.9. The van der Waals surface area contributed by atoms with Gasteiger partial charge in [-0.05, 0) is 48.4 Å². The average Bonchev–Trinajstić information content (AvgIpc) is 2.83. The van der Waals surface area contributed by atoms with Crippen LogP contribution in [0, 0.1) is 11.6 Å². The molecule has 2 N–H and O–H groups in total. The van der Waals surface area contributed by atoms with E-state index in [0.717, 1.165) is 36.8 Å². The lowest BCUT2D eigenvalue weighted by molar-refractivity contribution is 0.406. The highest BCUT2D eigenvalue weighted by Gasteiger charge is 2.41. The van der Waals surface area contributed by atoms with Crippen LogP contribution in [0.25, 0.3) is 0 Å². The standard InChI is InChI=1S/C21H23F2N3S/c22-18-2-1-3-19(23)17(18)11-25-14-8-13-12-27-7-6-26-20-4-5-24-10-16(20)15(9-14)21(13)26/h1-3,8-9,16,20,24-25H,4-7,10-12H2/t16-,20-/m0/s1. The first-order valence-electron chi connectivity index (χ1n) is 9.61. The maximum absolute atomic E-state index is 14.0. The van der Waals surface area contributed by atoms with E-state index in [4.69, 9.17) is 0 Å². The maximum Gasteiger partial charge on any atom is 0.131 e. The molecule has 5 rings (SSSR count). The second kappa shape index (κ2) is 6.99. The van der Waals surface area contributed by atoms with Gasteiger partial charge in [0, 0.05) is 60.0 Å². The molecule has 142 valence electrons. The number of nitrogens with zero attached hydrogens (tertiary/aromatic N) is 1. The van der Waals surface area contributed by atoms with Crippen LogP contribution in [-0.2, 0) is 12.3 Å². The predicted molar refractivity (Wildman–Crippen MR) is 108 cm³/mol. The van der Waals surface area contributed by atoms with Gasteiger partial charge in [-0.1, -0.05) is 6.07 Å². The molecule has 0 spiro atoms. The van der Waals surface area contributed by atoms with Crippen LogP contribution in [0.5, 0.6) is 0 Å². The smallest absolute Gasteiger partial charge is 0.131 e. The highest BCUT2D eigenvalue weighted by molar-refractivity contribution is 7.98. The summed E-state index contributed by atoms with van der Waals surface area (Å²) >= 11 is 1.97. The lowest BCUT2D eigenvalue weighted by Crippen LogP contribution is -2.44. The molecule has 3 aliphatic rings. The van der Waals surface area contributed by atoms with Crippen molar-refractivity contribution >= 4 is 23.1 Å². The summed E-state index contributed by atoms with van der Waals surface area (Å²) < 4.78 is 27.9. The van der Waals surface area contributed by atoms with Crippen molar-refractivity contribution in [2.45, 2.75) is 30.7 Å². The topological polar surface area (TPSA) is 27.3 Å². The van der Waals surface area contributed by atoms with Crippen LogP contribution < -0.4 is 15.5 Å². The fourth-order valence-corrected chi connectivity index (χ4v) is 5.69. The summed E-state index contributed by atoms with van der Waals surface area (Å²) in [7, 11) is 0. The largest absolute Gasteiger partial charge is 0.381 e. The van der Waals surface area contributed by atoms with E-state index in [1.54, 1.807) is 0 Å². The minimum absolute atomic E-state index is 0.0945. The first kappa shape index (κ1) is 17.3. The molecule has 2 atom stereocenters. The molecule has 0 saturated carbocycles. The molecule has 0 unspecified atom stereocenters. The van der Waals surface area contributed by atoms with Gasteiger partial charge in [0.1, 0.15) is 11.6 Å². The summed E-state index contributed by atoms with van der Waals surface area (Å²) in [4.78, 5) is 2.62. The van der Waals surface area contributed by atoms with Gasteiger partial charge in [0.25, 0.3) is 0 Å². The molecule has 2 aromatic carbocycles. The number of halogens is 2. The summed E-state index contributed by atoms with van der Waals surface area (Å²) in [6.07, 6.45) is 1.17. The third kappa shape index (κ3) is 2.99. The van der Waals surface area contributed by atoms with E-state index in [-0.39, 0.29) is 12.1 Å². The van der Waals surface area contributed by atoms with Crippen molar-refractivity contribution in [1.82, 2.24) is 5.32 Å². The summed E-state index contributed by atoms with van der Waals surface area (Å²) in [6, 6.07) is 8.98. The van der Waals surface area contributed by atoms with Gasteiger partial charge in [-0.2, -0.15) is 11.8 Å². The molecule has 6 heteroatoms. The van der Waals surface area contributed by atoms with Crippen LogP contribution in [0.15, 0.2) is 30.3 Å². The lowest BCUT2D eigenvalue weighted by atomic mass is 9.89. The summed E-state index contributed by atoms with van der Waals surface area (Å²) in [5, 5.41) is 6.81. The molecule has 3 nitrogen and oxygen atoms in total. The molecule has 3 heterocycles. The molecule has 1 fully saturated rings. The van der Waals surface area contributed by atoms with Crippen molar-refractivity contribution in [1.29, 1.82) is 0 Å². The average molecular weight is 387 g/mol. The first-order valence-corrected chi connectivity index (χ1v) is 10.8. The Morgan fingerprint density at radius 3 is 2.93 bits per heavy atom. The molecular weight excluding hydrogens is 364 g/mol. The van der Waals surface area contributed by atoms with E-state index in [1.165, 1.54) is 41.4 Å². The fourth-order valence-electron chi connectivity index (χ4n) is 4.78. The molecule has 0 radical (unpaired) electrons. The van der Waals surface area contributed by atoms with Crippen LogP contribution in [0.2, 0.25) is 0 Å². The Kier molecular flexibility index (Phi) is 4.48. The zero-order valence-electron chi connectivity index (χ0n) is 15.1. The molecule has 2 aromatic rings. The normalized spacial score (nSPS) is 23.6. The van der Waals surface area contributed by atoms with E-state index in [9.17, 15) is 8.78 Å². The Morgan fingerprint density at radius 2 is 2.07 bits per heavy atom. The fraction of sp³-hybridized carbons (Fsp3) is 0.429. The van der Waals surface area contributed by atoms with Crippen LogP contribution in [-0.4, -0.2) is 31.4 Å². The Morgan fingerprint density at radius 1 is 1.22 bits per heavy atom. The Balaban J connectivity index is 1.48. The summed E-state index contributed by atoms with van der Waals surface area (Å²) in [5.41, 5.74) is 5.21. The van der Waals surface area contributed by atoms with Gasteiger partial charge in [0.15, 0.2) is 0 Å². The van der Waals surface area contributed by atoms with Gasteiger partial charge < -0.3 is 15.5 Å². The van der Waals surface area contributed by atoms with Crippen molar-refractivity contribution in [3.63, 3.8) is 0 Å². The molecule has 27 heavy (non-hydrogen) atoms. The van der Waals surface area contributed by atoms with Crippen LogP contribution in [0.4, 0.5) is 20.2 Å². The van der Waals surface area contributed by atoms with Crippen molar-refractivity contribution in [3.8, 4) is 0 Å². The second-order valence-corrected chi connectivity index (χ2v) is 8.64. The third-order valence-electron chi connectivity index (χ3n) is 6.02. The SMILES string of the molecule is Fc1cccc(F)c1CNc1cc2c3c(c1)[C@@H]1CNCC[C@@H]1N3CCSC2. The monoisotopic (exact) mass is 387 g/mol. The van der Waals surface area contributed by atoms with Crippen molar-refractivity contribution < 1.29 is 8.78 Å². The number of anilines is 2. The van der Waals surface area contributed by atoms with E-state index in [0.29, 0.717) is 12.0 Å². The zero-order chi connectivity index (χ0) is 18.4. The van der Waals surface area contributed by atoms with Crippen LogP contribution in [0.3, 0.4) is 0 Å². The molecule has 0 aromatic heterocycles. The molecular formula is C21H23F2N3S. The van der Waals surface area contributed by atoms with Gasteiger partial charge in [-0.25, -0.2) is 8.78 Å². The Labute approximate surface area is 162 Å². The quantitative estimate of drug-likeness (QED) is 0.830. The lowest BCUT2D eigenvalue weighted by Gasteiger charge is -2.33. The number of rotatable bonds is 3. The minimum atomic E-state index is -0.500. The number of nitrogens with one attached hydrogen (secondary N) is 2. The number of benzene rings is 2. The molecule has 0 amide bonds. The molecule has 0 aliphatic carbocycles. The number of thioether (sulfide) groups is 1. The molecule has 3 aliphatic heterocycles. The van der Waals surface area contributed by atoms with Crippen molar-refractivity contribution in [3.05, 3.63) is 58.7 Å². The van der Waals surface area contributed by atoms with E-state index >= 15 is 0 Å². The van der Waals surface area contributed by atoms with Gasteiger partial charge in [0.05, 0.1) is 0 Å². The van der Waals surface area contributed by atoms with Gasteiger partial charge in [-0.3, -0.25) is 0 Å². The number of piperidine rings is 1. The highest BCUT2D eigenvalue weighted by Crippen LogP contribution is 2.48. The van der Waals surface area contributed by atoms with Crippen LogP contribution in [0.1, 0.15) is 29.0 Å². The first-order chi connectivity index (χ1) is 13.2. The number of hydrogen-bond acceptors (Lipinski definition) is 4. The maximum atomic E-state index is 14.0. The highest BCUT2D eigenvalue weighted by atomic mass is 32.2. The van der Waals surface area contributed by atoms with E-state index in [2.05, 4.69) is 27.7 Å². The molecule has 0 bridgehead atoms. The Hall–Kier alpha value is -1.79. The Bertz CT molecular complexity index is 852. The number of hydrogen-bond donors (Lipinski definition) is 2. The van der Waals surface area contributed by atoms with Gasteiger partial charge in [0.2, 0.25) is 0 Å². The summed E-state index contributed by atoms with van der Waals surface area (Å²) in [6.45, 7) is 3.34. The van der Waals surface area contributed by atoms with E-state index < -0.39 is 11.6 Å². The number of fused-ring (bicyclic) bond motifs is 3. The molecule has 1 saturated heterocycles. The summed E-state index contributed by atoms with van der Waals surface area (Å²) in [5.74, 6) is 1.64. The van der Waals surface area contributed by atoms with Crippen LogP contribution >= 0.6 is 11.8 Å². The third-order valence-corrected chi connectivity index (χ3v) is 7.00. The second-order valence-electron chi connectivity index (χ2n) is 7.54. The van der Waals surface area contributed by atoms with Crippen molar-refractivity contribution in [2.24, 2.45) is 0 Å².